The average Bonchev–Trinajstić information content (AvgIpc) is 1.51. The van der Waals surface area contributed by atoms with Crippen LogP contribution in [0.4, 0.5) is 34.1 Å². The normalized spacial score (nSPS) is 12.7. The van der Waals surface area contributed by atoms with E-state index < -0.39 is 0 Å². The molecule has 0 saturated carbocycles. The number of nitrogens with zero attached hydrogens (tertiary/aromatic N) is 4. The molecule has 0 atom stereocenters. The predicted octanol–water partition coefficient (Wildman–Crippen LogP) is 25.6. The van der Waals surface area contributed by atoms with Gasteiger partial charge in [0.05, 0.1) is 55.8 Å². The molecule has 0 aliphatic rings. The van der Waals surface area contributed by atoms with Gasteiger partial charge in [-0.3, -0.25) is 0 Å². The topological polar surface area (TPSA) is 15.3 Å². The minimum atomic E-state index is -0.173. The van der Waals surface area contributed by atoms with Crippen LogP contribution in [0.15, 0.2) is 267 Å². The molecule has 0 bridgehead atoms. The molecule has 92 heavy (non-hydrogen) atoms. The summed E-state index contributed by atoms with van der Waals surface area (Å²) < 4.78 is 10.5. The fourth-order valence-electron chi connectivity index (χ4n) is 15.8. The second-order valence-electron chi connectivity index (χ2n) is 27.2. The second-order valence-corrected chi connectivity index (χ2v) is 29.3. The van der Waals surface area contributed by atoms with Crippen molar-refractivity contribution in [2.75, 3.05) is 9.80 Å². The highest BCUT2D eigenvalue weighted by Gasteiger charge is 2.33. The Balaban J connectivity index is 0.921. The third-order valence-corrected chi connectivity index (χ3v) is 22.1. The van der Waals surface area contributed by atoms with Crippen molar-refractivity contribution < 1.29 is 0 Å². The Morgan fingerprint density at radius 1 is 0.272 bits per heavy atom. The number of para-hydroxylation sites is 4. The molecule has 19 aromatic rings. The lowest BCUT2D eigenvalue weighted by molar-refractivity contribution is 0.594. The van der Waals surface area contributed by atoms with Gasteiger partial charge in [-0.1, -0.05) is 236 Å². The van der Waals surface area contributed by atoms with Gasteiger partial charge in [-0.15, -0.1) is 22.7 Å². The molecule has 6 heterocycles. The van der Waals surface area contributed by atoms with Crippen LogP contribution in [0.2, 0.25) is 0 Å². The van der Waals surface area contributed by atoms with Gasteiger partial charge in [-0.25, -0.2) is 0 Å². The van der Waals surface area contributed by atoms with E-state index in [9.17, 15) is 0 Å². The van der Waals surface area contributed by atoms with Crippen molar-refractivity contribution in [1.29, 1.82) is 0 Å². The summed E-state index contributed by atoms with van der Waals surface area (Å²) in [6, 6.07) is 101. The Morgan fingerprint density at radius 2 is 0.641 bits per heavy atom. The zero-order chi connectivity index (χ0) is 61.5. The number of aromatic nitrogens is 2. The van der Waals surface area contributed by atoms with Gasteiger partial charge < -0.3 is 18.6 Å². The van der Waals surface area contributed by atoms with Crippen LogP contribution in [0.3, 0.4) is 0 Å². The Hall–Kier alpha value is -10.5. The van der Waals surface area contributed by atoms with Gasteiger partial charge in [0.1, 0.15) is 0 Å². The maximum absolute atomic E-state index is 2.67. The second kappa shape index (κ2) is 19.5. The summed E-state index contributed by atoms with van der Waals surface area (Å²) in [6.07, 6.45) is 0. The van der Waals surface area contributed by atoms with Gasteiger partial charge in [0.2, 0.25) is 0 Å². The average molecular weight is 1220 g/mol. The van der Waals surface area contributed by atoms with E-state index in [-0.39, 0.29) is 10.8 Å². The summed E-state index contributed by atoms with van der Waals surface area (Å²) in [5, 5.41) is 15.2. The van der Waals surface area contributed by atoms with Crippen LogP contribution in [-0.4, -0.2) is 8.80 Å². The lowest BCUT2D eigenvalue weighted by Crippen LogP contribution is -2.12. The lowest BCUT2D eigenvalue weighted by Gasteiger charge is -2.29. The molecule has 0 amide bonds. The Kier molecular flexibility index (Phi) is 11.3. The number of anilines is 6. The highest BCUT2D eigenvalue weighted by Crippen LogP contribution is 2.55. The minimum absolute atomic E-state index is 0.173. The molecule has 0 aliphatic heterocycles. The summed E-state index contributed by atoms with van der Waals surface area (Å²) in [4.78, 5) is 5.13. The highest BCUT2D eigenvalue weighted by molar-refractivity contribution is 7.26. The molecular weight excluding hydrogens is 1150 g/mol. The zero-order valence-electron chi connectivity index (χ0n) is 52.0. The third-order valence-electron chi connectivity index (χ3n) is 19.8. The first kappa shape index (κ1) is 53.3. The molecule has 6 heteroatoms. The monoisotopic (exact) mass is 1210 g/mol. The van der Waals surface area contributed by atoms with E-state index in [1.165, 1.54) is 150 Å². The largest absolute Gasteiger partial charge is 0.309 e. The zero-order valence-corrected chi connectivity index (χ0v) is 53.6. The van der Waals surface area contributed by atoms with Crippen molar-refractivity contribution in [3.05, 3.63) is 278 Å². The molecule has 4 nitrogen and oxygen atoms in total. The first-order chi connectivity index (χ1) is 44.9. The van der Waals surface area contributed by atoms with E-state index in [2.05, 4.69) is 327 Å². The summed E-state index contributed by atoms with van der Waals surface area (Å²) >= 11 is 3.75. The molecule has 0 N–H and O–H groups in total. The van der Waals surface area contributed by atoms with Gasteiger partial charge in [0.25, 0.3) is 0 Å². The maximum Gasteiger partial charge on any atom is 0.0641 e. The van der Waals surface area contributed by atoms with E-state index >= 15 is 0 Å². The number of thiophene rings is 2. The number of rotatable bonds is 8. The van der Waals surface area contributed by atoms with Gasteiger partial charge >= 0.3 is 0 Å². The van der Waals surface area contributed by atoms with Gasteiger partial charge in [0, 0.05) is 106 Å². The van der Waals surface area contributed by atoms with Gasteiger partial charge in [-0.2, -0.15) is 0 Å². The molecule has 0 fully saturated rings. The summed E-state index contributed by atoms with van der Waals surface area (Å²) in [5.74, 6) is 0. The quantitative estimate of drug-likeness (QED) is 0.151. The number of fused-ring (bicyclic) bond motifs is 18. The molecule has 0 unspecified atom stereocenters. The molecule has 0 saturated heterocycles. The molecule has 0 radical (unpaired) electrons. The SMILES string of the molecule is CC(C)(C)c1cccc2c3c(N(c4ccc5c(c4)sc4ccccc45)c4ccccc4-c4ccccc4)ccc4c5cc6c(cc5n(c12)c43)c1ccc(N(c2ccc3c(c2)sc2ccccc23)c2ccccc2-c2ccccc2)c2c3cccc(C(C)(C)C)c3n6c12. The Bertz CT molecular complexity index is 5840. The summed E-state index contributed by atoms with van der Waals surface area (Å²) in [5.41, 5.74) is 21.3. The van der Waals surface area contributed by atoms with E-state index in [4.69, 9.17) is 0 Å². The van der Waals surface area contributed by atoms with Gasteiger partial charge in [-0.05, 0) is 106 Å². The molecule has 13 aromatic carbocycles. The van der Waals surface area contributed by atoms with Crippen LogP contribution in [0, 0.1) is 0 Å². The van der Waals surface area contributed by atoms with Crippen molar-refractivity contribution in [1.82, 2.24) is 8.80 Å². The number of hydrogen-bond acceptors (Lipinski definition) is 4. The molecule has 6 aromatic heterocycles. The Morgan fingerprint density at radius 3 is 1.08 bits per heavy atom. The van der Waals surface area contributed by atoms with Crippen molar-refractivity contribution in [3.8, 4) is 22.3 Å². The minimum Gasteiger partial charge on any atom is -0.309 e. The van der Waals surface area contributed by atoms with Gasteiger partial charge in [0.15, 0.2) is 0 Å². The molecule has 19 rings (SSSR count). The summed E-state index contributed by atoms with van der Waals surface area (Å²) in [7, 11) is 0. The van der Waals surface area contributed by atoms with Crippen LogP contribution >= 0.6 is 22.7 Å². The Labute approximate surface area is 541 Å². The standard InChI is InChI=1S/C86H62N4S2/c1-85(2,3)67-33-21-31-63-79-71(87(69-35-17-13-27-55(69)51-23-9-7-10-24-51)53-39-41-59-57-29-15-19-37-75(57)91-77(59)47-53)45-43-61-65-50-74-66(49-73(65)89(81(63)67)83(61)79)62-44-46-72(80-64-32-22-34-68(86(4,5)6)82(64)90(74)84(62)80)88(70-36-18-14-28-56(70)52-25-11-8-12-26-52)54-40-42-60-58-30-16-20-38-76(58)92-78(60)48-54/h7-50H,1-6H3. The van der Waals surface area contributed by atoms with E-state index in [0.717, 1.165) is 34.1 Å². The van der Waals surface area contributed by atoms with E-state index in [0.29, 0.717) is 0 Å². The van der Waals surface area contributed by atoms with Crippen LogP contribution in [-0.2, 0) is 10.8 Å². The lowest BCUT2D eigenvalue weighted by atomic mass is 9.85. The van der Waals surface area contributed by atoms with Crippen molar-refractivity contribution in [3.63, 3.8) is 0 Å². The van der Waals surface area contributed by atoms with Crippen LogP contribution in [0.1, 0.15) is 52.7 Å². The third kappa shape index (κ3) is 7.62. The number of benzene rings is 13. The van der Waals surface area contributed by atoms with Crippen molar-refractivity contribution in [2.45, 2.75) is 52.4 Å². The molecule has 0 aliphatic carbocycles. The smallest absolute Gasteiger partial charge is 0.0641 e. The first-order valence-corrected chi connectivity index (χ1v) is 33.7. The van der Waals surface area contributed by atoms with E-state index in [1.54, 1.807) is 0 Å². The number of hydrogen-bond donors (Lipinski definition) is 0. The van der Waals surface area contributed by atoms with Crippen molar-refractivity contribution >= 4 is 173 Å². The van der Waals surface area contributed by atoms with Crippen LogP contribution in [0.5, 0.6) is 0 Å². The predicted molar refractivity (Wildman–Crippen MR) is 399 cm³/mol. The maximum atomic E-state index is 2.67. The van der Waals surface area contributed by atoms with Crippen LogP contribution < -0.4 is 9.80 Å². The molecule has 0 spiro atoms. The fourth-order valence-corrected chi connectivity index (χ4v) is 18.1. The van der Waals surface area contributed by atoms with Crippen LogP contribution in [0.25, 0.3) is 139 Å². The first-order valence-electron chi connectivity index (χ1n) is 32.1. The van der Waals surface area contributed by atoms with E-state index in [1.807, 2.05) is 22.7 Å². The molecular formula is C86H62N4S2. The van der Waals surface area contributed by atoms with Crippen molar-refractivity contribution in [2.24, 2.45) is 0 Å². The fraction of sp³-hybridized carbons (Fsp3) is 0.0930. The summed E-state index contributed by atoms with van der Waals surface area (Å²) in [6.45, 7) is 14.3. The molecule has 438 valence electrons. The highest BCUT2D eigenvalue weighted by atomic mass is 32.1.